The van der Waals surface area contributed by atoms with E-state index in [1.807, 2.05) is 13.8 Å². The van der Waals surface area contributed by atoms with Gasteiger partial charge in [0.2, 0.25) is 0 Å². The first-order valence-electron chi connectivity index (χ1n) is 9.16. The third-order valence-corrected chi connectivity index (χ3v) is 5.39. The normalized spacial score (nSPS) is 12.7. The molecule has 0 aliphatic rings. The Kier molecular flexibility index (Phi) is 7.35. The summed E-state index contributed by atoms with van der Waals surface area (Å²) >= 11 is 0. The first-order valence-corrected chi connectivity index (χ1v) is 11.2. The van der Waals surface area contributed by atoms with Crippen LogP contribution in [0.15, 0.2) is 47.5 Å². The lowest BCUT2D eigenvalue weighted by Gasteiger charge is -2.27. The maximum Gasteiger partial charge on any atom is 0.191 e. The summed E-state index contributed by atoms with van der Waals surface area (Å²) in [6.45, 7) is 4.44. The summed E-state index contributed by atoms with van der Waals surface area (Å²) in [5, 5.41) is 6.21. The largest absolute Gasteiger partial charge is 0.356 e. The number of guanidine groups is 1. The quantitative estimate of drug-likeness (QED) is 0.530. The number of nitrogens with one attached hydrogen (secondary N) is 2. The van der Waals surface area contributed by atoms with Crippen molar-refractivity contribution in [2.24, 2.45) is 4.99 Å². The van der Waals surface area contributed by atoms with Crippen LogP contribution in [0.3, 0.4) is 0 Å². The highest BCUT2D eigenvalue weighted by Crippen LogP contribution is 2.24. The number of aliphatic imine (C=N–C) groups is 1. The molecule has 2 aromatic rings. The number of hydrogen-bond donors (Lipinski definition) is 2. The van der Waals surface area contributed by atoms with Gasteiger partial charge in [-0.2, -0.15) is 0 Å². The van der Waals surface area contributed by atoms with E-state index in [0.717, 1.165) is 6.26 Å². The zero-order valence-corrected chi connectivity index (χ0v) is 17.9. The minimum atomic E-state index is -3.25. The van der Waals surface area contributed by atoms with E-state index in [2.05, 4.69) is 15.6 Å². The van der Waals surface area contributed by atoms with E-state index < -0.39 is 21.1 Å². The van der Waals surface area contributed by atoms with E-state index in [-0.39, 0.29) is 18.1 Å². The molecule has 8 heteroatoms. The predicted octanol–water partition coefficient (Wildman–Crippen LogP) is 3.15. The highest BCUT2D eigenvalue weighted by Gasteiger charge is 2.24. The lowest BCUT2D eigenvalue weighted by molar-refractivity contribution is 0.473. The molecule has 0 atom stereocenters. The molecule has 2 N–H and O–H groups in total. The fourth-order valence-electron chi connectivity index (χ4n) is 2.99. The van der Waals surface area contributed by atoms with Gasteiger partial charge in [-0.15, -0.1) is 0 Å². The molecule has 0 saturated heterocycles. The van der Waals surface area contributed by atoms with Crippen molar-refractivity contribution < 1.29 is 17.2 Å². The maximum absolute atomic E-state index is 14.1. The molecule has 2 rings (SSSR count). The van der Waals surface area contributed by atoms with Crippen LogP contribution in [0.25, 0.3) is 0 Å². The van der Waals surface area contributed by atoms with Gasteiger partial charge in [0.25, 0.3) is 0 Å². The van der Waals surface area contributed by atoms with Gasteiger partial charge in [0.1, 0.15) is 11.6 Å². The van der Waals surface area contributed by atoms with Crippen LogP contribution < -0.4 is 10.6 Å². The predicted molar refractivity (Wildman–Crippen MR) is 113 cm³/mol. The standard InChI is InChI=1S/C21H27F2N3O2S/c1-21(2,18-7-5-6-8-19(18)23)14-26-20(24-3)25-12-16-11-17(22)10-9-15(16)13-29(4,27)28/h5-11H,12-14H2,1-4H3,(H2,24,25,26). The summed E-state index contributed by atoms with van der Waals surface area (Å²) < 4.78 is 51.0. The maximum atomic E-state index is 14.1. The Morgan fingerprint density at radius 1 is 1.07 bits per heavy atom. The smallest absolute Gasteiger partial charge is 0.191 e. The van der Waals surface area contributed by atoms with Gasteiger partial charge < -0.3 is 10.6 Å². The third kappa shape index (κ3) is 6.81. The van der Waals surface area contributed by atoms with Gasteiger partial charge in [0.15, 0.2) is 15.8 Å². The monoisotopic (exact) mass is 423 g/mol. The van der Waals surface area contributed by atoms with Gasteiger partial charge in [-0.1, -0.05) is 38.1 Å². The molecular formula is C21H27F2N3O2S. The molecule has 0 heterocycles. The van der Waals surface area contributed by atoms with E-state index in [4.69, 9.17) is 0 Å². The minimum Gasteiger partial charge on any atom is -0.356 e. The van der Waals surface area contributed by atoms with E-state index in [1.165, 1.54) is 24.3 Å². The summed E-state index contributed by atoms with van der Waals surface area (Å²) in [4.78, 5) is 4.14. The summed E-state index contributed by atoms with van der Waals surface area (Å²) in [7, 11) is -1.66. The number of rotatable bonds is 7. The van der Waals surface area contributed by atoms with Gasteiger partial charge in [-0.3, -0.25) is 4.99 Å². The zero-order chi connectivity index (χ0) is 21.7. The van der Waals surface area contributed by atoms with Crippen molar-refractivity contribution in [1.29, 1.82) is 0 Å². The second kappa shape index (κ2) is 9.35. The molecule has 0 radical (unpaired) electrons. The van der Waals surface area contributed by atoms with E-state index >= 15 is 0 Å². The first kappa shape index (κ1) is 22.8. The van der Waals surface area contributed by atoms with Gasteiger partial charge in [-0.05, 0) is 34.9 Å². The van der Waals surface area contributed by atoms with Crippen molar-refractivity contribution in [3.05, 3.63) is 70.8 Å². The number of hydrogen-bond acceptors (Lipinski definition) is 3. The highest BCUT2D eigenvalue weighted by molar-refractivity contribution is 7.89. The Morgan fingerprint density at radius 2 is 1.76 bits per heavy atom. The molecule has 0 amide bonds. The minimum absolute atomic E-state index is 0.170. The van der Waals surface area contributed by atoms with Crippen molar-refractivity contribution in [3.63, 3.8) is 0 Å². The third-order valence-electron chi connectivity index (χ3n) is 4.56. The van der Waals surface area contributed by atoms with Crippen LogP contribution >= 0.6 is 0 Å². The second-order valence-electron chi connectivity index (χ2n) is 7.63. The summed E-state index contributed by atoms with van der Waals surface area (Å²) in [6, 6.07) is 10.6. The molecule has 2 aromatic carbocycles. The van der Waals surface area contributed by atoms with Crippen LogP contribution in [0.1, 0.15) is 30.5 Å². The molecule has 29 heavy (non-hydrogen) atoms. The van der Waals surface area contributed by atoms with Crippen molar-refractivity contribution in [2.75, 3.05) is 19.8 Å². The number of nitrogens with zero attached hydrogens (tertiary/aromatic N) is 1. The van der Waals surface area contributed by atoms with E-state index in [0.29, 0.717) is 29.2 Å². The Hall–Kier alpha value is -2.48. The fourth-order valence-corrected chi connectivity index (χ4v) is 3.84. The molecule has 0 aromatic heterocycles. The Bertz CT molecular complexity index is 989. The topological polar surface area (TPSA) is 70.6 Å². The van der Waals surface area contributed by atoms with Gasteiger partial charge in [0, 0.05) is 31.8 Å². The molecule has 0 aliphatic carbocycles. The molecule has 0 bridgehead atoms. The summed E-state index contributed by atoms with van der Waals surface area (Å²) in [6.07, 6.45) is 1.14. The average Bonchev–Trinajstić information content (AvgIpc) is 2.63. The molecule has 0 spiro atoms. The van der Waals surface area contributed by atoms with Crippen LogP contribution in [0.4, 0.5) is 8.78 Å². The molecule has 158 valence electrons. The van der Waals surface area contributed by atoms with Crippen molar-refractivity contribution in [1.82, 2.24) is 10.6 Å². The summed E-state index contributed by atoms with van der Waals surface area (Å²) in [5.74, 6) is -0.435. The lowest BCUT2D eigenvalue weighted by atomic mass is 9.84. The van der Waals surface area contributed by atoms with Crippen molar-refractivity contribution in [2.45, 2.75) is 31.6 Å². The first-order chi connectivity index (χ1) is 13.5. The van der Waals surface area contributed by atoms with Crippen molar-refractivity contribution >= 4 is 15.8 Å². The number of halogens is 2. The van der Waals surface area contributed by atoms with Gasteiger partial charge >= 0.3 is 0 Å². The molecule has 0 saturated carbocycles. The van der Waals surface area contributed by atoms with Crippen LogP contribution in [0.2, 0.25) is 0 Å². The van der Waals surface area contributed by atoms with Gasteiger partial charge in [0.05, 0.1) is 5.75 Å². The highest BCUT2D eigenvalue weighted by atomic mass is 32.2. The molecular weight excluding hydrogens is 396 g/mol. The second-order valence-corrected chi connectivity index (χ2v) is 9.77. The van der Waals surface area contributed by atoms with E-state index in [9.17, 15) is 17.2 Å². The number of sulfone groups is 1. The Labute approximate surface area is 171 Å². The van der Waals surface area contributed by atoms with Gasteiger partial charge in [-0.25, -0.2) is 17.2 Å². The van der Waals surface area contributed by atoms with Crippen LogP contribution in [-0.4, -0.2) is 34.2 Å². The molecule has 0 unspecified atom stereocenters. The molecule has 0 fully saturated rings. The van der Waals surface area contributed by atoms with Crippen LogP contribution in [0, 0.1) is 11.6 Å². The van der Waals surface area contributed by atoms with Crippen LogP contribution in [0.5, 0.6) is 0 Å². The van der Waals surface area contributed by atoms with Crippen molar-refractivity contribution in [3.8, 4) is 0 Å². The lowest BCUT2D eigenvalue weighted by Crippen LogP contribution is -2.43. The molecule has 5 nitrogen and oxygen atoms in total. The number of benzene rings is 2. The zero-order valence-electron chi connectivity index (χ0n) is 17.1. The molecule has 0 aliphatic heterocycles. The fraction of sp³-hybridized carbons (Fsp3) is 0.381. The van der Waals surface area contributed by atoms with E-state index in [1.54, 1.807) is 25.2 Å². The SMILES string of the molecule is CN=C(NCc1cc(F)ccc1CS(C)(=O)=O)NCC(C)(C)c1ccccc1F. The Balaban J connectivity index is 2.07. The average molecular weight is 424 g/mol. The Morgan fingerprint density at radius 3 is 2.38 bits per heavy atom. The summed E-state index contributed by atoms with van der Waals surface area (Å²) in [5.41, 5.74) is 1.15. The van der Waals surface area contributed by atoms with Crippen LogP contribution in [-0.2, 0) is 27.5 Å².